The fraction of sp³-hybridized carbons (Fsp3) is 0.300. The first kappa shape index (κ1) is 19.3. The molecule has 0 saturated heterocycles. The number of benzene rings is 1. The molecule has 1 aliphatic heterocycles. The summed E-state index contributed by atoms with van der Waals surface area (Å²) in [6.07, 6.45) is 3.23. The van der Waals surface area contributed by atoms with Crippen LogP contribution in [0.4, 0.5) is 5.69 Å². The highest BCUT2D eigenvalue weighted by atomic mass is 16.5. The Morgan fingerprint density at radius 3 is 2.81 bits per heavy atom. The lowest BCUT2D eigenvalue weighted by atomic mass is 10.2. The maximum atomic E-state index is 11.2. The third-order valence-electron chi connectivity index (χ3n) is 3.67. The number of aromatic nitrogens is 2. The van der Waals surface area contributed by atoms with E-state index in [0.29, 0.717) is 18.9 Å². The smallest absolute Gasteiger partial charge is 0.221 e. The molecule has 0 radical (unpaired) electrons. The Hall–Kier alpha value is -3.02. The molecule has 0 atom stereocenters. The zero-order chi connectivity index (χ0) is 19.1. The van der Waals surface area contributed by atoms with Crippen LogP contribution in [0.25, 0.3) is 5.76 Å². The average Bonchev–Trinajstić information content (AvgIpc) is 2.95. The molecule has 0 unspecified atom stereocenters. The van der Waals surface area contributed by atoms with E-state index in [-0.39, 0.29) is 5.91 Å². The molecule has 6 nitrogen and oxygen atoms in total. The molecule has 2 heterocycles. The fourth-order valence-electron chi connectivity index (χ4n) is 2.61. The summed E-state index contributed by atoms with van der Waals surface area (Å²) in [6.45, 7) is 11.9. The number of carbonyl (C=O) groups is 1. The summed E-state index contributed by atoms with van der Waals surface area (Å²) in [5.74, 6) is 1.30. The van der Waals surface area contributed by atoms with E-state index in [4.69, 9.17) is 9.47 Å². The highest BCUT2D eigenvalue weighted by Crippen LogP contribution is 2.29. The molecule has 1 aromatic carbocycles. The van der Waals surface area contributed by atoms with Gasteiger partial charge in [-0.25, -0.2) is 0 Å². The summed E-state index contributed by atoms with van der Waals surface area (Å²) in [5.41, 5.74) is 3.42. The van der Waals surface area contributed by atoms with E-state index in [1.54, 1.807) is 0 Å². The number of fused-ring (bicyclic) bond motifs is 2. The predicted octanol–water partition coefficient (Wildman–Crippen LogP) is 4.33. The van der Waals surface area contributed by atoms with Crippen LogP contribution in [0.5, 0.6) is 5.75 Å². The van der Waals surface area contributed by atoms with Crippen molar-refractivity contribution in [2.75, 3.05) is 5.32 Å². The third-order valence-corrected chi connectivity index (χ3v) is 3.67. The molecule has 1 aliphatic rings. The van der Waals surface area contributed by atoms with E-state index in [1.807, 2.05) is 55.8 Å². The van der Waals surface area contributed by atoms with Crippen LogP contribution >= 0.6 is 0 Å². The normalized spacial score (nSPS) is 12.4. The minimum Gasteiger partial charge on any atom is -0.487 e. The number of rotatable bonds is 4. The van der Waals surface area contributed by atoms with Crippen molar-refractivity contribution in [3.8, 4) is 5.75 Å². The number of nitrogens with zero attached hydrogens (tertiary/aromatic N) is 2. The quantitative estimate of drug-likeness (QED) is 0.829. The molecule has 6 heteroatoms. The number of nitrogens with one attached hydrogen (secondary N) is 1. The van der Waals surface area contributed by atoms with Gasteiger partial charge >= 0.3 is 0 Å². The molecular weight excluding hydrogens is 330 g/mol. The maximum absolute atomic E-state index is 11.2. The number of ether oxygens (including phenoxy) is 2. The van der Waals surface area contributed by atoms with E-state index in [9.17, 15) is 4.79 Å². The van der Waals surface area contributed by atoms with Crippen LogP contribution in [0.1, 0.15) is 44.6 Å². The van der Waals surface area contributed by atoms with E-state index in [0.717, 1.165) is 28.4 Å². The van der Waals surface area contributed by atoms with Crippen LogP contribution in [-0.2, 0) is 22.7 Å². The third kappa shape index (κ3) is 4.33. The SMILES string of the molecule is C=CO/C(=C\C)c1cc2n(n1)Cc1ccc(NC(C)=O)cc1OC2.CC. The Morgan fingerprint density at radius 2 is 2.15 bits per heavy atom. The molecule has 26 heavy (non-hydrogen) atoms. The Balaban J connectivity index is 0.00000117. The van der Waals surface area contributed by atoms with Gasteiger partial charge in [-0.15, -0.1) is 0 Å². The van der Waals surface area contributed by atoms with Crippen molar-refractivity contribution in [3.05, 3.63) is 60.1 Å². The Bertz CT molecular complexity index is 822. The first-order valence-electron chi connectivity index (χ1n) is 8.65. The molecule has 2 aromatic rings. The molecular formula is C20H25N3O3. The summed E-state index contributed by atoms with van der Waals surface area (Å²) in [4.78, 5) is 11.2. The van der Waals surface area contributed by atoms with Crippen molar-refractivity contribution in [1.29, 1.82) is 0 Å². The largest absolute Gasteiger partial charge is 0.487 e. The van der Waals surface area contributed by atoms with Crippen molar-refractivity contribution in [2.45, 2.75) is 40.8 Å². The van der Waals surface area contributed by atoms with Gasteiger partial charge in [0.1, 0.15) is 23.8 Å². The zero-order valence-corrected chi connectivity index (χ0v) is 15.7. The number of hydrogen-bond acceptors (Lipinski definition) is 4. The molecule has 3 rings (SSSR count). The summed E-state index contributed by atoms with van der Waals surface area (Å²) in [6, 6.07) is 7.58. The Morgan fingerprint density at radius 1 is 1.38 bits per heavy atom. The molecule has 1 N–H and O–H groups in total. The van der Waals surface area contributed by atoms with Crippen molar-refractivity contribution in [2.24, 2.45) is 0 Å². The number of allylic oxidation sites excluding steroid dienone is 1. The number of amides is 1. The van der Waals surface area contributed by atoms with Crippen LogP contribution < -0.4 is 10.1 Å². The van der Waals surface area contributed by atoms with Crippen molar-refractivity contribution >= 4 is 17.4 Å². The lowest BCUT2D eigenvalue weighted by Gasteiger charge is -2.09. The summed E-state index contributed by atoms with van der Waals surface area (Å²) < 4.78 is 13.2. The van der Waals surface area contributed by atoms with Gasteiger partial charge in [0.2, 0.25) is 5.91 Å². The van der Waals surface area contributed by atoms with Crippen molar-refractivity contribution in [3.63, 3.8) is 0 Å². The minimum absolute atomic E-state index is 0.109. The number of hydrogen-bond donors (Lipinski definition) is 1. The van der Waals surface area contributed by atoms with E-state index in [2.05, 4.69) is 17.0 Å². The standard InChI is InChI=1S/C18H19N3O3.C2H6/c1-4-17(23-5-2)16-9-15-11-24-18-8-14(19-12(3)22)7-6-13(18)10-21(15)20-16;1-2/h4-9H,2,10-11H2,1,3H3,(H,19,22);1-2H3/b17-4-;. The highest BCUT2D eigenvalue weighted by molar-refractivity contribution is 5.88. The lowest BCUT2D eigenvalue weighted by Crippen LogP contribution is -2.06. The summed E-state index contributed by atoms with van der Waals surface area (Å²) in [7, 11) is 0. The van der Waals surface area contributed by atoms with E-state index >= 15 is 0 Å². The fourth-order valence-corrected chi connectivity index (χ4v) is 2.61. The average molecular weight is 355 g/mol. The van der Waals surface area contributed by atoms with Crippen molar-refractivity contribution < 1.29 is 14.3 Å². The first-order chi connectivity index (χ1) is 12.6. The van der Waals surface area contributed by atoms with Gasteiger partial charge < -0.3 is 14.8 Å². The van der Waals surface area contributed by atoms with Gasteiger partial charge in [0.05, 0.1) is 18.5 Å². The van der Waals surface area contributed by atoms with E-state index < -0.39 is 0 Å². The van der Waals surface area contributed by atoms with Gasteiger partial charge in [-0.05, 0) is 25.1 Å². The highest BCUT2D eigenvalue weighted by Gasteiger charge is 2.18. The minimum atomic E-state index is -0.109. The Kier molecular flexibility index (Phi) is 6.60. The monoisotopic (exact) mass is 355 g/mol. The van der Waals surface area contributed by atoms with Crippen molar-refractivity contribution in [1.82, 2.24) is 9.78 Å². The van der Waals surface area contributed by atoms with Crippen LogP contribution in [0.3, 0.4) is 0 Å². The van der Waals surface area contributed by atoms with Gasteiger partial charge in [0, 0.05) is 24.2 Å². The molecule has 0 fully saturated rings. The lowest BCUT2D eigenvalue weighted by molar-refractivity contribution is -0.114. The van der Waals surface area contributed by atoms with Crippen LogP contribution in [0, 0.1) is 0 Å². The first-order valence-corrected chi connectivity index (χ1v) is 8.65. The van der Waals surface area contributed by atoms with Gasteiger partial charge in [0.25, 0.3) is 0 Å². The van der Waals surface area contributed by atoms with Gasteiger partial charge in [-0.3, -0.25) is 9.48 Å². The van der Waals surface area contributed by atoms with Crippen LogP contribution in [0.15, 0.2) is 43.2 Å². The second-order valence-electron chi connectivity index (χ2n) is 5.41. The van der Waals surface area contributed by atoms with Crippen LogP contribution in [-0.4, -0.2) is 15.7 Å². The molecule has 0 bridgehead atoms. The predicted molar refractivity (Wildman–Crippen MR) is 103 cm³/mol. The van der Waals surface area contributed by atoms with Crippen LogP contribution in [0.2, 0.25) is 0 Å². The second kappa shape index (κ2) is 8.89. The molecule has 0 aliphatic carbocycles. The van der Waals surface area contributed by atoms with E-state index in [1.165, 1.54) is 13.2 Å². The maximum Gasteiger partial charge on any atom is 0.221 e. The zero-order valence-electron chi connectivity index (χ0n) is 15.7. The van der Waals surface area contributed by atoms with Gasteiger partial charge in [-0.1, -0.05) is 26.5 Å². The molecule has 0 spiro atoms. The molecule has 1 amide bonds. The Labute approximate surface area is 154 Å². The summed E-state index contributed by atoms with van der Waals surface area (Å²) >= 11 is 0. The second-order valence-corrected chi connectivity index (χ2v) is 5.41. The molecule has 0 saturated carbocycles. The number of carbonyl (C=O) groups excluding carboxylic acids is 1. The molecule has 138 valence electrons. The molecule has 1 aromatic heterocycles. The number of anilines is 1. The topological polar surface area (TPSA) is 65.4 Å². The van der Waals surface area contributed by atoms with Gasteiger partial charge in [-0.2, -0.15) is 5.10 Å². The summed E-state index contributed by atoms with van der Waals surface area (Å²) in [5, 5.41) is 7.36. The van der Waals surface area contributed by atoms with Gasteiger partial charge in [0.15, 0.2) is 0 Å².